The summed E-state index contributed by atoms with van der Waals surface area (Å²) >= 11 is 0. The largest absolute Gasteiger partial charge is 0.454 e. The molecule has 32 heavy (non-hydrogen) atoms. The van der Waals surface area contributed by atoms with Gasteiger partial charge in [0.25, 0.3) is 0 Å². The van der Waals surface area contributed by atoms with Gasteiger partial charge in [0.1, 0.15) is 5.75 Å². The van der Waals surface area contributed by atoms with Crippen LogP contribution in [0.15, 0.2) is 40.5 Å². The zero-order chi connectivity index (χ0) is 23.5. The standard InChI is InChI=1S/C24H22O8/c1-10(25)31-16-7-5-6-12-17(16)21(29)13-8-15(27)14-9-24(3,4)23(32-11(2)26)22(30)19(14)18(13)20(12)28/h5-7,15,23,27H,8-9H2,1-4H3/t15-,23+/m0/s1. The molecule has 0 radical (unpaired) electrons. The van der Waals surface area contributed by atoms with Gasteiger partial charge in [-0.05, 0) is 18.1 Å². The molecule has 0 saturated carbocycles. The number of ether oxygens (including phenoxy) is 2. The molecule has 1 aromatic carbocycles. The van der Waals surface area contributed by atoms with Crippen LogP contribution >= 0.6 is 0 Å². The van der Waals surface area contributed by atoms with Gasteiger partial charge in [-0.15, -0.1) is 0 Å². The minimum absolute atomic E-state index is 0.0111. The molecule has 0 aromatic heterocycles. The average molecular weight is 438 g/mol. The number of aliphatic hydroxyl groups is 1. The highest BCUT2D eigenvalue weighted by Crippen LogP contribution is 2.49. The van der Waals surface area contributed by atoms with Gasteiger partial charge in [0.05, 0.1) is 11.7 Å². The van der Waals surface area contributed by atoms with Gasteiger partial charge in [0.15, 0.2) is 17.7 Å². The second-order valence-electron chi connectivity index (χ2n) is 8.92. The van der Waals surface area contributed by atoms with E-state index in [0.717, 1.165) is 0 Å². The molecular formula is C24H22O8. The maximum atomic E-state index is 13.5. The van der Waals surface area contributed by atoms with Crippen LogP contribution in [0, 0.1) is 5.41 Å². The summed E-state index contributed by atoms with van der Waals surface area (Å²) in [4.78, 5) is 63.5. The molecule has 4 rings (SSSR count). The van der Waals surface area contributed by atoms with Gasteiger partial charge in [-0.2, -0.15) is 0 Å². The van der Waals surface area contributed by atoms with E-state index in [1.54, 1.807) is 13.8 Å². The lowest BCUT2D eigenvalue weighted by Gasteiger charge is -2.42. The van der Waals surface area contributed by atoms with Crippen LogP contribution in [0.5, 0.6) is 5.75 Å². The molecule has 2 atom stereocenters. The van der Waals surface area contributed by atoms with E-state index < -0.39 is 46.9 Å². The number of hydrogen-bond acceptors (Lipinski definition) is 8. The summed E-state index contributed by atoms with van der Waals surface area (Å²) in [7, 11) is 0. The van der Waals surface area contributed by atoms with Crippen molar-refractivity contribution < 1.29 is 38.6 Å². The Morgan fingerprint density at radius 2 is 1.72 bits per heavy atom. The summed E-state index contributed by atoms with van der Waals surface area (Å²) in [6, 6.07) is 4.32. The Bertz CT molecular complexity index is 1180. The molecule has 3 aliphatic carbocycles. The minimum atomic E-state index is -1.16. The van der Waals surface area contributed by atoms with Gasteiger partial charge < -0.3 is 14.6 Å². The third-order valence-corrected chi connectivity index (χ3v) is 6.05. The third-order valence-electron chi connectivity index (χ3n) is 6.05. The topological polar surface area (TPSA) is 124 Å². The third kappa shape index (κ3) is 3.22. The van der Waals surface area contributed by atoms with E-state index in [2.05, 4.69) is 0 Å². The first-order valence-electron chi connectivity index (χ1n) is 10.2. The molecule has 0 bridgehead atoms. The number of carbonyl (C=O) groups is 5. The van der Waals surface area contributed by atoms with E-state index in [0.29, 0.717) is 5.57 Å². The van der Waals surface area contributed by atoms with E-state index in [4.69, 9.17) is 9.47 Å². The zero-order valence-electron chi connectivity index (χ0n) is 18.1. The van der Waals surface area contributed by atoms with Crippen molar-refractivity contribution in [1.29, 1.82) is 0 Å². The van der Waals surface area contributed by atoms with Gasteiger partial charge in [-0.3, -0.25) is 24.0 Å². The molecule has 166 valence electrons. The first-order chi connectivity index (χ1) is 14.9. The monoisotopic (exact) mass is 438 g/mol. The van der Waals surface area contributed by atoms with Crippen LogP contribution < -0.4 is 4.74 Å². The summed E-state index contributed by atoms with van der Waals surface area (Å²) in [5.74, 6) is -3.12. The highest BCUT2D eigenvalue weighted by atomic mass is 16.5. The first kappa shape index (κ1) is 21.8. The molecule has 8 nitrogen and oxygen atoms in total. The molecule has 0 fully saturated rings. The molecule has 0 aliphatic heterocycles. The number of benzene rings is 1. The maximum Gasteiger partial charge on any atom is 0.308 e. The Labute approximate surface area is 183 Å². The number of allylic oxidation sites excluding steroid dienone is 1. The van der Waals surface area contributed by atoms with E-state index in [9.17, 15) is 29.1 Å². The van der Waals surface area contributed by atoms with Crippen LogP contribution in [-0.2, 0) is 19.1 Å². The van der Waals surface area contributed by atoms with E-state index in [-0.39, 0.29) is 46.4 Å². The Balaban J connectivity index is 1.91. The Morgan fingerprint density at radius 3 is 2.34 bits per heavy atom. The zero-order valence-corrected chi connectivity index (χ0v) is 18.1. The van der Waals surface area contributed by atoms with Crippen LogP contribution in [0.4, 0.5) is 0 Å². The predicted octanol–water partition coefficient (Wildman–Crippen LogP) is 2.28. The molecule has 1 N–H and O–H groups in total. The first-order valence-corrected chi connectivity index (χ1v) is 10.2. The number of Topliss-reactive ketones (excluding diaryl/α,β-unsaturated/α-hetero) is 3. The van der Waals surface area contributed by atoms with E-state index in [1.165, 1.54) is 32.0 Å². The lowest BCUT2D eigenvalue weighted by Crippen LogP contribution is -2.48. The normalized spacial score (nSPS) is 24.0. The second kappa shape index (κ2) is 7.34. The average Bonchev–Trinajstić information content (AvgIpc) is 2.69. The Kier molecular flexibility index (Phi) is 5.01. The number of esters is 2. The lowest BCUT2D eigenvalue weighted by atomic mass is 9.63. The molecule has 8 heteroatoms. The smallest absolute Gasteiger partial charge is 0.308 e. The van der Waals surface area contributed by atoms with Gasteiger partial charge in [-0.25, -0.2) is 0 Å². The number of ketones is 3. The molecular weight excluding hydrogens is 416 g/mol. The van der Waals surface area contributed by atoms with E-state index in [1.807, 2.05) is 0 Å². The van der Waals surface area contributed by atoms with Crippen LogP contribution in [0.1, 0.15) is 61.3 Å². The fourth-order valence-electron chi connectivity index (χ4n) is 4.77. The maximum absolute atomic E-state index is 13.5. The molecule has 0 unspecified atom stereocenters. The highest BCUT2D eigenvalue weighted by Gasteiger charge is 2.51. The number of carbonyl (C=O) groups excluding carboxylic acids is 5. The van der Waals surface area contributed by atoms with Crippen LogP contribution in [-0.4, -0.2) is 46.6 Å². The van der Waals surface area contributed by atoms with Gasteiger partial charge >= 0.3 is 11.9 Å². The molecule has 0 saturated heterocycles. The number of rotatable bonds is 2. The highest BCUT2D eigenvalue weighted by molar-refractivity contribution is 6.33. The minimum Gasteiger partial charge on any atom is -0.454 e. The van der Waals surface area contributed by atoms with Gasteiger partial charge in [-0.1, -0.05) is 26.0 Å². The van der Waals surface area contributed by atoms with Crippen LogP contribution in [0.3, 0.4) is 0 Å². The molecule has 3 aliphatic rings. The summed E-state index contributed by atoms with van der Waals surface area (Å²) in [6.45, 7) is 5.86. The number of fused-ring (bicyclic) bond motifs is 2. The fourth-order valence-corrected chi connectivity index (χ4v) is 4.77. The van der Waals surface area contributed by atoms with Crippen molar-refractivity contribution in [1.82, 2.24) is 0 Å². The summed E-state index contributed by atoms with van der Waals surface area (Å²) < 4.78 is 10.4. The summed E-state index contributed by atoms with van der Waals surface area (Å²) in [6.07, 6.45) is -2.24. The quantitative estimate of drug-likeness (QED) is 0.551. The number of aliphatic hydroxyl groups excluding tert-OH is 1. The van der Waals surface area contributed by atoms with Crippen molar-refractivity contribution in [2.75, 3.05) is 0 Å². The summed E-state index contributed by atoms with van der Waals surface area (Å²) in [5.41, 5.74) is -0.624. The van der Waals surface area contributed by atoms with Crippen molar-refractivity contribution in [3.8, 4) is 5.75 Å². The lowest BCUT2D eigenvalue weighted by molar-refractivity contribution is -0.159. The van der Waals surface area contributed by atoms with Crippen molar-refractivity contribution in [3.05, 3.63) is 51.6 Å². The van der Waals surface area contributed by atoms with Crippen LogP contribution in [0.25, 0.3) is 0 Å². The fraction of sp³-hybridized carbons (Fsp3) is 0.375. The number of hydrogen-bond donors (Lipinski definition) is 1. The second-order valence-corrected chi connectivity index (χ2v) is 8.92. The van der Waals surface area contributed by atoms with E-state index >= 15 is 0 Å². The van der Waals surface area contributed by atoms with Crippen molar-refractivity contribution in [2.45, 2.75) is 52.7 Å². The SMILES string of the molecule is CC(=O)Oc1cccc2c1C(=O)C1=C(C2=O)C2=C(CC(C)(C)[C@H](OC(C)=O)C2=O)[C@@H](O)C1. The predicted molar refractivity (Wildman–Crippen MR) is 110 cm³/mol. The van der Waals surface area contributed by atoms with Crippen molar-refractivity contribution >= 4 is 29.3 Å². The van der Waals surface area contributed by atoms with Gasteiger partial charge in [0.2, 0.25) is 5.78 Å². The molecule has 0 spiro atoms. The Hall–Kier alpha value is -3.39. The molecule has 0 heterocycles. The Morgan fingerprint density at radius 1 is 1.03 bits per heavy atom. The van der Waals surface area contributed by atoms with Crippen LogP contribution in [0.2, 0.25) is 0 Å². The van der Waals surface area contributed by atoms with Gasteiger partial charge in [0, 0.05) is 48.0 Å². The van der Waals surface area contributed by atoms with Crippen molar-refractivity contribution in [3.63, 3.8) is 0 Å². The molecule has 0 amide bonds. The summed E-state index contributed by atoms with van der Waals surface area (Å²) in [5, 5.41) is 10.8. The van der Waals surface area contributed by atoms with Crippen molar-refractivity contribution in [2.24, 2.45) is 5.41 Å². The molecule has 1 aromatic rings.